The van der Waals surface area contributed by atoms with Crippen LogP contribution in [0.3, 0.4) is 0 Å². The van der Waals surface area contributed by atoms with Crippen LogP contribution in [-0.4, -0.2) is 47.8 Å². The summed E-state index contributed by atoms with van der Waals surface area (Å²) < 4.78 is 0. The Morgan fingerprint density at radius 1 is 1.35 bits per heavy atom. The fourth-order valence-electron chi connectivity index (χ4n) is 3.00. The highest BCUT2D eigenvalue weighted by atomic mass is 16.2. The lowest BCUT2D eigenvalue weighted by Gasteiger charge is -2.40. The molecule has 0 aromatic heterocycles. The summed E-state index contributed by atoms with van der Waals surface area (Å²) in [6.07, 6.45) is 3.32. The van der Waals surface area contributed by atoms with Crippen molar-refractivity contribution in [1.82, 2.24) is 10.2 Å². The Hall–Kier alpha value is -0.940. The van der Waals surface area contributed by atoms with Crippen molar-refractivity contribution in [1.29, 1.82) is 0 Å². The molecule has 5 nitrogen and oxygen atoms in total. The SMILES string of the molecule is CC(=O)C(NC(=O)CN1C(C)CCCC1CN)C(C)C. The smallest absolute Gasteiger partial charge is 0.234 e. The molecule has 1 aliphatic rings. The minimum absolute atomic E-state index is 0.00965. The molecule has 0 bridgehead atoms. The van der Waals surface area contributed by atoms with E-state index in [9.17, 15) is 9.59 Å². The third-order valence-electron chi connectivity index (χ3n) is 4.21. The normalized spacial score (nSPS) is 25.5. The van der Waals surface area contributed by atoms with E-state index in [0.29, 0.717) is 19.1 Å². The summed E-state index contributed by atoms with van der Waals surface area (Å²) in [5, 5.41) is 2.86. The van der Waals surface area contributed by atoms with E-state index in [2.05, 4.69) is 17.1 Å². The molecule has 0 aromatic rings. The van der Waals surface area contributed by atoms with Gasteiger partial charge in [0.15, 0.2) is 5.78 Å². The maximum absolute atomic E-state index is 12.2. The Labute approximate surface area is 122 Å². The van der Waals surface area contributed by atoms with Gasteiger partial charge >= 0.3 is 0 Å². The second kappa shape index (κ2) is 7.74. The Morgan fingerprint density at radius 3 is 2.50 bits per heavy atom. The maximum atomic E-state index is 12.2. The second-order valence-electron chi connectivity index (χ2n) is 6.24. The van der Waals surface area contributed by atoms with Gasteiger partial charge < -0.3 is 11.1 Å². The Balaban J connectivity index is 2.61. The topological polar surface area (TPSA) is 75.4 Å². The molecule has 0 radical (unpaired) electrons. The summed E-state index contributed by atoms with van der Waals surface area (Å²) in [5.41, 5.74) is 5.80. The number of nitrogens with zero attached hydrogens (tertiary/aromatic N) is 1. The average Bonchev–Trinajstić information content (AvgIpc) is 2.37. The molecule has 116 valence electrons. The minimum atomic E-state index is -0.390. The van der Waals surface area contributed by atoms with Crippen LogP contribution in [0.1, 0.15) is 47.0 Å². The Bertz CT molecular complexity index is 344. The molecule has 0 aromatic carbocycles. The summed E-state index contributed by atoms with van der Waals surface area (Å²) in [5.74, 6) is 0.0436. The molecule has 1 rings (SSSR count). The first-order chi connectivity index (χ1) is 9.36. The number of Topliss-reactive ketones (excluding diaryl/α,β-unsaturated/α-hetero) is 1. The monoisotopic (exact) mass is 283 g/mol. The van der Waals surface area contributed by atoms with Gasteiger partial charge in [-0.2, -0.15) is 0 Å². The van der Waals surface area contributed by atoms with Crippen LogP contribution >= 0.6 is 0 Å². The number of piperidine rings is 1. The highest BCUT2D eigenvalue weighted by molar-refractivity contribution is 5.88. The third-order valence-corrected chi connectivity index (χ3v) is 4.21. The van der Waals surface area contributed by atoms with Crippen molar-refractivity contribution in [2.45, 2.75) is 65.1 Å². The first-order valence-corrected chi connectivity index (χ1v) is 7.62. The van der Waals surface area contributed by atoms with E-state index in [1.807, 2.05) is 13.8 Å². The number of likely N-dealkylation sites (tertiary alicyclic amines) is 1. The van der Waals surface area contributed by atoms with Crippen LogP contribution in [0, 0.1) is 5.92 Å². The van der Waals surface area contributed by atoms with Crippen molar-refractivity contribution in [3.05, 3.63) is 0 Å². The van der Waals surface area contributed by atoms with Crippen LogP contribution in [0.2, 0.25) is 0 Å². The van der Waals surface area contributed by atoms with E-state index in [1.165, 1.54) is 13.3 Å². The average molecular weight is 283 g/mol. The van der Waals surface area contributed by atoms with Gasteiger partial charge in [0.25, 0.3) is 0 Å². The number of hydrogen-bond donors (Lipinski definition) is 2. The van der Waals surface area contributed by atoms with E-state index >= 15 is 0 Å². The van der Waals surface area contributed by atoms with E-state index in [1.54, 1.807) is 0 Å². The lowest BCUT2D eigenvalue weighted by atomic mass is 9.96. The number of carbonyl (C=O) groups is 2. The van der Waals surface area contributed by atoms with Gasteiger partial charge in [-0.25, -0.2) is 0 Å². The number of rotatable bonds is 6. The van der Waals surface area contributed by atoms with Crippen LogP contribution in [0.4, 0.5) is 0 Å². The Morgan fingerprint density at radius 2 is 2.00 bits per heavy atom. The van der Waals surface area contributed by atoms with Crippen molar-refractivity contribution in [2.75, 3.05) is 13.1 Å². The fraction of sp³-hybridized carbons (Fsp3) is 0.867. The summed E-state index contributed by atoms with van der Waals surface area (Å²) >= 11 is 0. The van der Waals surface area contributed by atoms with Crippen LogP contribution < -0.4 is 11.1 Å². The lowest BCUT2D eigenvalue weighted by Crippen LogP contribution is -2.54. The van der Waals surface area contributed by atoms with Crippen LogP contribution in [0.5, 0.6) is 0 Å². The zero-order chi connectivity index (χ0) is 15.3. The van der Waals surface area contributed by atoms with E-state index in [-0.39, 0.29) is 29.7 Å². The second-order valence-corrected chi connectivity index (χ2v) is 6.24. The molecule has 1 fully saturated rings. The molecule has 0 spiro atoms. The highest BCUT2D eigenvalue weighted by Crippen LogP contribution is 2.21. The van der Waals surface area contributed by atoms with Crippen molar-refractivity contribution in [3.8, 4) is 0 Å². The quantitative estimate of drug-likeness (QED) is 0.760. The summed E-state index contributed by atoms with van der Waals surface area (Å²) in [6.45, 7) is 8.46. The van der Waals surface area contributed by atoms with E-state index in [4.69, 9.17) is 5.73 Å². The van der Waals surface area contributed by atoms with E-state index in [0.717, 1.165) is 12.8 Å². The minimum Gasteiger partial charge on any atom is -0.345 e. The van der Waals surface area contributed by atoms with Gasteiger partial charge in [0.1, 0.15) is 0 Å². The molecule has 3 atom stereocenters. The molecule has 5 heteroatoms. The van der Waals surface area contributed by atoms with Gasteiger partial charge in [-0.3, -0.25) is 14.5 Å². The van der Waals surface area contributed by atoms with Crippen molar-refractivity contribution in [3.63, 3.8) is 0 Å². The van der Waals surface area contributed by atoms with Crippen molar-refractivity contribution >= 4 is 11.7 Å². The van der Waals surface area contributed by atoms with Gasteiger partial charge in [-0.1, -0.05) is 20.3 Å². The number of amides is 1. The number of nitrogens with two attached hydrogens (primary N) is 1. The molecular weight excluding hydrogens is 254 g/mol. The number of carbonyl (C=O) groups excluding carboxylic acids is 2. The molecule has 1 heterocycles. The van der Waals surface area contributed by atoms with Crippen LogP contribution in [-0.2, 0) is 9.59 Å². The zero-order valence-electron chi connectivity index (χ0n) is 13.2. The molecule has 3 unspecified atom stereocenters. The van der Waals surface area contributed by atoms with Gasteiger partial charge in [-0.15, -0.1) is 0 Å². The largest absolute Gasteiger partial charge is 0.345 e. The van der Waals surface area contributed by atoms with Gasteiger partial charge in [0.2, 0.25) is 5.91 Å². The molecule has 0 aliphatic carbocycles. The molecular formula is C15H29N3O2. The molecule has 1 saturated heterocycles. The summed E-state index contributed by atoms with van der Waals surface area (Å²) in [6, 6.07) is 0.260. The van der Waals surface area contributed by atoms with Crippen molar-refractivity contribution in [2.24, 2.45) is 11.7 Å². The number of nitrogens with one attached hydrogen (secondary N) is 1. The van der Waals surface area contributed by atoms with Gasteiger partial charge in [-0.05, 0) is 32.6 Å². The van der Waals surface area contributed by atoms with Gasteiger partial charge in [0, 0.05) is 18.6 Å². The van der Waals surface area contributed by atoms with E-state index < -0.39 is 0 Å². The summed E-state index contributed by atoms with van der Waals surface area (Å²) in [4.78, 5) is 25.9. The first-order valence-electron chi connectivity index (χ1n) is 7.62. The molecule has 3 N–H and O–H groups in total. The Kier molecular flexibility index (Phi) is 6.62. The molecule has 0 saturated carbocycles. The maximum Gasteiger partial charge on any atom is 0.234 e. The van der Waals surface area contributed by atoms with Crippen molar-refractivity contribution < 1.29 is 9.59 Å². The lowest BCUT2D eigenvalue weighted by molar-refractivity contribution is -0.129. The number of ketones is 1. The predicted octanol–water partition coefficient (Wildman–Crippen LogP) is 0.918. The standard InChI is InChI=1S/C15H29N3O2/c1-10(2)15(12(4)19)17-14(20)9-18-11(3)6-5-7-13(18)8-16/h10-11,13,15H,5-9,16H2,1-4H3,(H,17,20). The molecule has 1 aliphatic heterocycles. The first kappa shape index (κ1) is 17.1. The van der Waals surface area contributed by atoms with Gasteiger partial charge in [0.05, 0.1) is 12.6 Å². The number of hydrogen-bond acceptors (Lipinski definition) is 4. The zero-order valence-corrected chi connectivity index (χ0v) is 13.2. The predicted molar refractivity (Wildman–Crippen MR) is 80.3 cm³/mol. The van der Waals surface area contributed by atoms with Crippen LogP contribution in [0.15, 0.2) is 0 Å². The summed E-state index contributed by atoms with van der Waals surface area (Å²) in [7, 11) is 0. The molecule has 1 amide bonds. The van der Waals surface area contributed by atoms with Crippen LogP contribution in [0.25, 0.3) is 0 Å². The fourth-order valence-corrected chi connectivity index (χ4v) is 3.00. The third kappa shape index (κ3) is 4.56. The molecule has 20 heavy (non-hydrogen) atoms. The highest BCUT2D eigenvalue weighted by Gasteiger charge is 2.29.